The summed E-state index contributed by atoms with van der Waals surface area (Å²) < 4.78 is 31.3. The average Bonchev–Trinajstić information content (AvgIpc) is 2.34. The summed E-state index contributed by atoms with van der Waals surface area (Å²) in [7, 11) is 0. The maximum absolute atomic E-state index is 13.4. The van der Waals surface area contributed by atoms with Crippen molar-refractivity contribution < 1.29 is 18.3 Å². The maximum Gasteiger partial charge on any atom is 0.222 e. The van der Waals surface area contributed by atoms with Crippen molar-refractivity contribution in [3.8, 4) is 11.6 Å². The van der Waals surface area contributed by atoms with Gasteiger partial charge in [-0.2, -0.15) is 0 Å². The number of nitrogens with zero attached hydrogens (tertiary/aromatic N) is 1. The van der Waals surface area contributed by atoms with Crippen molar-refractivity contribution in [2.75, 3.05) is 0 Å². The highest BCUT2D eigenvalue weighted by atomic mass is 19.1. The number of hydrogen-bond donors (Lipinski definition) is 0. The van der Waals surface area contributed by atoms with E-state index in [1.54, 1.807) is 13.0 Å². The third-order valence-electron chi connectivity index (χ3n) is 2.29. The molecule has 0 saturated heterocycles. The Morgan fingerprint density at radius 3 is 2.67 bits per heavy atom. The number of aryl methyl sites for hydroxylation is 1. The highest BCUT2D eigenvalue weighted by Crippen LogP contribution is 2.25. The lowest BCUT2D eigenvalue weighted by atomic mass is 10.2. The largest absolute Gasteiger partial charge is 0.436 e. The van der Waals surface area contributed by atoms with Crippen LogP contribution in [0.15, 0.2) is 30.5 Å². The van der Waals surface area contributed by atoms with Crippen LogP contribution in [0.3, 0.4) is 0 Å². The molecule has 0 fully saturated rings. The zero-order valence-corrected chi connectivity index (χ0v) is 9.48. The highest BCUT2D eigenvalue weighted by Gasteiger charge is 2.09. The minimum absolute atomic E-state index is 0.120. The van der Waals surface area contributed by atoms with Crippen LogP contribution in [-0.4, -0.2) is 11.3 Å². The fourth-order valence-corrected chi connectivity index (χ4v) is 1.42. The fourth-order valence-electron chi connectivity index (χ4n) is 1.42. The van der Waals surface area contributed by atoms with Gasteiger partial charge >= 0.3 is 0 Å². The van der Waals surface area contributed by atoms with Crippen LogP contribution < -0.4 is 4.74 Å². The minimum atomic E-state index is -0.810. The molecule has 5 heteroatoms. The van der Waals surface area contributed by atoms with Crippen molar-refractivity contribution in [2.24, 2.45) is 0 Å². The molecule has 0 unspecified atom stereocenters. The number of rotatable bonds is 3. The van der Waals surface area contributed by atoms with Gasteiger partial charge in [0.1, 0.15) is 5.82 Å². The van der Waals surface area contributed by atoms with Crippen LogP contribution in [0.2, 0.25) is 0 Å². The Bertz CT molecular complexity index is 600. The van der Waals surface area contributed by atoms with Gasteiger partial charge in [-0.1, -0.05) is 0 Å². The summed E-state index contributed by atoms with van der Waals surface area (Å²) >= 11 is 0. The number of carbonyl (C=O) groups excluding carboxylic acids is 1. The van der Waals surface area contributed by atoms with Gasteiger partial charge in [0.25, 0.3) is 0 Å². The molecule has 0 saturated carbocycles. The van der Waals surface area contributed by atoms with E-state index in [1.165, 1.54) is 12.3 Å². The smallest absolute Gasteiger partial charge is 0.222 e. The van der Waals surface area contributed by atoms with E-state index in [0.717, 1.165) is 12.1 Å². The monoisotopic (exact) mass is 249 g/mol. The summed E-state index contributed by atoms with van der Waals surface area (Å²) in [6.07, 6.45) is 1.97. The first-order valence-corrected chi connectivity index (χ1v) is 5.15. The van der Waals surface area contributed by atoms with Gasteiger partial charge in [-0.3, -0.25) is 4.79 Å². The van der Waals surface area contributed by atoms with Crippen LogP contribution in [0.25, 0.3) is 0 Å². The van der Waals surface area contributed by atoms with Crippen LogP contribution in [0.5, 0.6) is 11.6 Å². The van der Waals surface area contributed by atoms with Gasteiger partial charge in [-0.15, -0.1) is 0 Å². The van der Waals surface area contributed by atoms with E-state index in [9.17, 15) is 13.6 Å². The Labute approximate surface area is 102 Å². The maximum atomic E-state index is 13.4. The lowest BCUT2D eigenvalue weighted by Gasteiger charge is -2.08. The molecule has 92 valence electrons. The number of pyridine rings is 1. The molecule has 3 nitrogen and oxygen atoms in total. The first-order valence-electron chi connectivity index (χ1n) is 5.15. The van der Waals surface area contributed by atoms with Crippen LogP contribution in [0, 0.1) is 18.6 Å². The van der Waals surface area contributed by atoms with E-state index in [0.29, 0.717) is 17.4 Å². The Morgan fingerprint density at radius 1 is 1.28 bits per heavy atom. The Kier molecular flexibility index (Phi) is 3.32. The standard InChI is InChI=1S/C13H9F2NO2/c1-8-4-9(7-17)6-16-13(8)18-12-3-2-10(14)5-11(12)15/h2-7H,1H3. The van der Waals surface area contributed by atoms with E-state index >= 15 is 0 Å². The zero-order valence-electron chi connectivity index (χ0n) is 9.48. The second-order valence-electron chi connectivity index (χ2n) is 3.69. The molecule has 1 heterocycles. The molecule has 0 N–H and O–H groups in total. The van der Waals surface area contributed by atoms with Crippen molar-refractivity contribution in [2.45, 2.75) is 6.92 Å². The second kappa shape index (κ2) is 4.91. The van der Waals surface area contributed by atoms with Gasteiger partial charge in [0.2, 0.25) is 5.88 Å². The molecule has 0 atom stereocenters. The second-order valence-corrected chi connectivity index (χ2v) is 3.69. The summed E-state index contributed by atoms with van der Waals surface area (Å²) in [4.78, 5) is 14.4. The van der Waals surface area contributed by atoms with E-state index in [1.807, 2.05) is 0 Å². The van der Waals surface area contributed by atoms with Crippen molar-refractivity contribution in [3.05, 3.63) is 53.2 Å². The summed E-state index contributed by atoms with van der Waals surface area (Å²) in [6.45, 7) is 1.68. The van der Waals surface area contributed by atoms with Crippen molar-refractivity contribution in [3.63, 3.8) is 0 Å². The Balaban J connectivity index is 2.31. The SMILES string of the molecule is Cc1cc(C=O)cnc1Oc1ccc(F)cc1F. The average molecular weight is 249 g/mol. The molecule has 0 bridgehead atoms. The van der Waals surface area contributed by atoms with E-state index in [4.69, 9.17) is 4.74 Å². The van der Waals surface area contributed by atoms with Gasteiger partial charge in [0.15, 0.2) is 17.9 Å². The van der Waals surface area contributed by atoms with E-state index < -0.39 is 11.6 Å². The molecule has 1 aromatic heterocycles. The van der Waals surface area contributed by atoms with Crippen LogP contribution in [0.4, 0.5) is 8.78 Å². The van der Waals surface area contributed by atoms with Crippen molar-refractivity contribution in [1.82, 2.24) is 4.98 Å². The summed E-state index contributed by atoms with van der Waals surface area (Å²) in [5.41, 5.74) is 0.989. The summed E-state index contributed by atoms with van der Waals surface area (Å²) in [5, 5.41) is 0. The van der Waals surface area contributed by atoms with E-state index in [2.05, 4.69) is 4.98 Å². The lowest BCUT2D eigenvalue weighted by molar-refractivity contribution is 0.112. The molecule has 0 aliphatic carbocycles. The van der Waals surface area contributed by atoms with Gasteiger partial charge < -0.3 is 4.74 Å². The molecule has 18 heavy (non-hydrogen) atoms. The zero-order chi connectivity index (χ0) is 13.1. The highest BCUT2D eigenvalue weighted by molar-refractivity contribution is 5.74. The minimum Gasteiger partial charge on any atom is -0.436 e. The quantitative estimate of drug-likeness (QED) is 0.783. The van der Waals surface area contributed by atoms with E-state index in [-0.39, 0.29) is 11.6 Å². The number of benzene rings is 1. The fraction of sp³-hybridized carbons (Fsp3) is 0.0769. The molecular weight excluding hydrogens is 240 g/mol. The van der Waals surface area contributed by atoms with Crippen LogP contribution >= 0.6 is 0 Å². The van der Waals surface area contributed by atoms with Crippen molar-refractivity contribution in [1.29, 1.82) is 0 Å². The first kappa shape index (κ1) is 12.2. The number of aldehydes is 1. The first-order chi connectivity index (χ1) is 8.60. The number of aromatic nitrogens is 1. The number of ether oxygens (including phenoxy) is 1. The number of halogens is 2. The summed E-state index contributed by atoms with van der Waals surface area (Å²) in [5.74, 6) is -1.44. The molecule has 1 aromatic carbocycles. The van der Waals surface area contributed by atoms with Gasteiger partial charge in [-0.25, -0.2) is 13.8 Å². The Hall–Kier alpha value is -2.30. The molecule has 0 amide bonds. The summed E-state index contributed by atoms with van der Waals surface area (Å²) in [6, 6.07) is 4.56. The predicted molar refractivity (Wildman–Crippen MR) is 60.8 cm³/mol. The van der Waals surface area contributed by atoms with Crippen LogP contribution in [-0.2, 0) is 0 Å². The van der Waals surface area contributed by atoms with Crippen molar-refractivity contribution >= 4 is 6.29 Å². The van der Waals surface area contributed by atoms with Crippen LogP contribution in [0.1, 0.15) is 15.9 Å². The molecular formula is C13H9F2NO2. The molecule has 2 rings (SSSR count). The topological polar surface area (TPSA) is 39.2 Å². The third kappa shape index (κ3) is 2.51. The molecule has 0 aliphatic heterocycles. The molecule has 0 radical (unpaired) electrons. The Morgan fingerprint density at radius 2 is 2.06 bits per heavy atom. The van der Waals surface area contributed by atoms with Gasteiger partial charge in [0.05, 0.1) is 0 Å². The number of carbonyl (C=O) groups is 1. The van der Waals surface area contributed by atoms with Gasteiger partial charge in [-0.05, 0) is 25.1 Å². The lowest BCUT2D eigenvalue weighted by Crippen LogP contribution is -1.95. The predicted octanol–water partition coefficient (Wildman–Crippen LogP) is 3.27. The van der Waals surface area contributed by atoms with Gasteiger partial charge in [0, 0.05) is 23.4 Å². The molecule has 2 aromatic rings. The third-order valence-corrected chi connectivity index (χ3v) is 2.29. The molecule has 0 spiro atoms. The normalized spacial score (nSPS) is 10.2. The molecule has 0 aliphatic rings. The number of hydrogen-bond acceptors (Lipinski definition) is 3.